The second kappa shape index (κ2) is 31.2. The van der Waals surface area contributed by atoms with Crippen molar-refractivity contribution in [1.29, 1.82) is 0 Å². The third-order valence-electron chi connectivity index (χ3n) is 9.10. The average molecular weight is 865 g/mol. The van der Waals surface area contributed by atoms with Crippen LogP contribution in [0.4, 0.5) is 0 Å². The second-order valence-corrected chi connectivity index (χ2v) is 18.5. The minimum absolute atomic E-state index is 0.0400. The van der Waals surface area contributed by atoms with Gasteiger partial charge in [-0.2, -0.15) is 0 Å². The Morgan fingerprint density at radius 2 is 1.21 bits per heavy atom. The topological polar surface area (TPSA) is 279 Å². The molecule has 1 unspecified atom stereocenters. The van der Waals surface area contributed by atoms with Crippen molar-refractivity contribution in [2.75, 3.05) is 105 Å². The summed E-state index contributed by atoms with van der Waals surface area (Å²) in [6.45, 7) is 1.35. The summed E-state index contributed by atoms with van der Waals surface area (Å²) in [7, 11) is 0. The molecule has 0 aliphatic heterocycles. The molecule has 1 fully saturated rings. The van der Waals surface area contributed by atoms with E-state index in [4.69, 9.17) is 36.4 Å². The van der Waals surface area contributed by atoms with Crippen LogP contribution in [0.5, 0.6) is 0 Å². The van der Waals surface area contributed by atoms with Crippen LogP contribution in [0.1, 0.15) is 43.7 Å². The SMILES string of the molecule is CCP(=O)(O[C@H]1CC[C@@H](C(=O)NCc2ccc(C[C@@H](C(=O)NCCOCCON)N(CC(=O)NCCOCCON)CC(=O)NCCOCCON)cc2)CC1)SC. The number of nitrogens with zero attached hydrogens (tertiary/aromatic N) is 1. The van der Waals surface area contributed by atoms with E-state index in [0.717, 1.165) is 11.1 Å². The largest absolute Gasteiger partial charge is 0.377 e. The number of ether oxygens (including phenoxy) is 3. The molecular weight excluding hydrogens is 799 g/mol. The predicted molar refractivity (Wildman–Crippen MR) is 218 cm³/mol. The third kappa shape index (κ3) is 22.0. The van der Waals surface area contributed by atoms with Crippen molar-refractivity contribution in [3.63, 3.8) is 0 Å². The molecule has 1 aliphatic rings. The van der Waals surface area contributed by atoms with Gasteiger partial charge in [-0.05, 0) is 49.5 Å². The molecule has 0 radical (unpaired) electrons. The lowest BCUT2D eigenvalue weighted by molar-refractivity contribution is -0.132. The predicted octanol–water partition coefficient (Wildman–Crippen LogP) is -0.263. The van der Waals surface area contributed by atoms with E-state index in [2.05, 4.69) is 35.8 Å². The molecule has 0 heterocycles. The van der Waals surface area contributed by atoms with Gasteiger partial charge in [-0.15, -0.1) is 0 Å². The van der Waals surface area contributed by atoms with Gasteiger partial charge in [0.05, 0.1) is 84.7 Å². The molecule has 0 saturated heterocycles. The molecule has 1 saturated carbocycles. The molecule has 1 aliphatic carbocycles. The summed E-state index contributed by atoms with van der Waals surface area (Å²) in [4.78, 5) is 68.1. The van der Waals surface area contributed by atoms with Gasteiger partial charge in [-0.1, -0.05) is 42.6 Å². The molecule has 2 atom stereocenters. The molecule has 22 heteroatoms. The van der Waals surface area contributed by atoms with Crippen molar-refractivity contribution in [3.05, 3.63) is 35.4 Å². The van der Waals surface area contributed by atoms with Gasteiger partial charge in [-0.25, -0.2) is 17.7 Å². The summed E-state index contributed by atoms with van der Waals surface area (Å²) in [6.07, 6.45) is 5.01. The first-order valence-corrected chi connectivity index (χ1v) is 23.1. The quantitative estimate of drug-likeness (QED) is 0.0272. The van der Waals surface area contributed by atoms with Crippen LogP contribution in [-0.2, 0) is 70.0 Å². The van der Waals surface area contributed by atoms with E-state index in [1.54, 1.807) is 6.26 Å². The van der Waals surface area contributed by atoms with Crippen LogP contribution in [0.3, 0.4) is 0 Å². The van der Waals surface area contributed by atoms with Gasteiger partial charge in [0.2, 0.25) is 23.6 Å². The second-order valence-electron chi connectivity index (χ2n) is 13.3. The van der Waals surface area contributed by atoms with Crippen LogP contribution in [0, 0.1) is 5.92 Å². The first-order valence-electron chi connectivity index (χ1n) is 19.5. The van der Waals surface area contributed by atoms with E-state index < -0.39 is 30.3 Å². The zero-order valence-corrected chi connectivity index (χ0v) is 35.5. The number of nitrogens with one attached hydrogen (secondary N) is 4. The van der Waals surface area contributed by atoms with E-state index in [1.165, 1.54) is 16.3 Å². The van der Waals surface area contributed by atoms with Crippen molar-refractivity contribution in [1.82, 2.24) is 26.2 Å². The lowest BCUT2D eigenvalue weighted by atomic mass is 9.87. The van der Waals surface area contributed by atoms with Crippen molar-refractivity contribution < 1.29 is 57.0 Å². The average Bonchev–Trinajstić information content (AvgIpc) is 3.23. The fourth-order valence-corrected chi connectivity index (χ4v) is 8.47. The van der Waals surface area contributed by atoms with E-state index >= 15 is 0 Å². The molecule has 4 amide bonds. The number of rotatable bonds is 33. The minimum Gasteiger partial charge on any atom is -0.377 e. The van der Waals surface area contributed by atoms with E-state index in [0.29, 0.717) is 38.4 Å². The summed E-state index contributed by atoms with van der Waals surface area (Å²) in [5.74, 6) is 13.6. The summed E-state index contributed by atoms with van der Waals surface area (Å²) >= 11 is 1.27. The number of carbonyl (C=O) groups is 4. The zero-order chi connectivity index (χ0) is 42.4. The summed E-state index contributed by atoms with van der Waals surface area (Å²) in [5.41, 5.74) is 1.62. The number of benzene rings is 1. The molecule has 0 bridgehead atoms. The van der Waals surface area contributed by atoms with Gasteiger partial charge in [0.25, 0.3) is 6.57 Å². The molecular formula is C36H65N8O12PS. The summed E-state index contributed by atoms with van der Waals surface area (Å²) in [5, 5.41) is 11.4. The first-order chi connectivity index (χ1) is 28.1. The van der Waals surface area contributed by atoms with E-state index in [-0.39, 0.29) is 117 Å². The molecule has 10 N–H and O–H groups in total. The van der Waals surface area contributed by atoms with Gasteiger partial charge in [-0.3, -0.25) is 28.6 Å². The van der Waals surface area contributed by atoms with Gasteiger partial charge in [0.1, 0.15) is 0 Å². The number of carbonyl (C=O) groups excluding carboxylic acids is 4. The van der Waals surface area contributed by atoms with Crippen LogP contribution in [0.15, 0.2) is 24.3 Å². The van der Waals surface area contributed by atoms with Crippen molar-refractivity contribution >= 4 is 41.6 Å². The molecule has 58 heavy (non-hydrogen) atoms. The van der Waals surface area contributed by atoms with Gasteiger partial charge in [0, 0.05) is 38.3 Å². The molecule has 332 valence electrons. The monoisotopic (exact) mass is 864 g/mol. The Bertz CT molecular complexity index is 1330. The molecule has 2 rings (SSSR count). The maximum atomic E-state index is 13.8. The standard InChI is InChI=1S/C36H65N8O12PS/c1-3-57(49,58-2)56-31-10-8-30(9-11-31)35(47)43-25-29-6-4-28(5-7-29)24-32(36(48)42-14-17-52-20-23-55-39)44(26-33(45)40-12-15-50-18-21-53-37)27-34(46)41-13-16-51-19-22-54-38/h4-7,30-32H,3,8-27,37-39H2,1-2H3,(H,40,45)(H,41,46)(H,42,48)(H,43,47)/t30-,31+,32-,57?/m0/s1. The Morgan fingerprint density at radius 1 is 0.724 bits per heavy atom. The number of hydrogen-bond donors (Lipinski definition) is 7. The highest BCUT2D eigenvalue weighted by molar-refractivity contribution is 8.56. The molecule has 0 aromatic heterocycles. The van der Waals surface area contributed by atoms with Crippen LogP contribution in [0.2, 0.25) is 0 Å². The van der Waals surface area contributed by atoms with Crippen LogP contribution < -0.4 is 39.0 Å². The molecule has 20 nitrogen and oxygen atoms in total. The Morgan fingerprint density at radius 3 is 1.67 bits per heavy atom. The van der Waals surface area contributed by atoms with Crippen molar-refractivity contribution in [3.8, 4) is 0 Å². The van der Waals surface area contributed by atoms with Crippen LogP contribution in [-0.4, -0.2) is 145 Å². The van der Waals surface area contributed by atoms with Crippen molar-refractivity contribution in [2.24, 2.45) is 23.6 Å². The Balaban J connectivity index is 2.13. The maximum absolute atomic E-state index is 13.8. The highest BCUT2D eigenvalue weighted by Gasteiger charge is 2.32. The Kier molecular flexibility index (Phi) is 27.6. The molecule has 1 aromatic carbocycles. The summed E-state index contributed by atoms with van der Waals surface area (Å²) < 4.78 is 34.8. The van der Waals surface area contributed by atoms with E-state index in [1.807, 2.05) is 31.2 Å². The maximum Gasteiger partial charge on any atom is 0.257 e. The number of nitrogens with two attached hydrogens (primary N) is 3. The normalized spacial score (nSPS) is 17.0. The highest BCUT2D eigenvalue weighted by atomic mass is 32.7. The van der Waals surface area contributed by atoms with Gasteiger partial charge >= 0.3 is 0 Å². The fourth-order valence-electron chi connectivity index (χ4n) is 5.92. The lowest BCUT2D eigenvalue weighted by Crippen LogP contribution is -2.54. The smallest absolute Gasteiger partial charge is 0.257 e. The van der Waals surface area contributed by atoms with Crippen LogP contribution in [0.25, 0.3) is 0 Å². The van der Waals surface area contributed by atoms with Crippen molar-refractivity contribution in [2.45, 2.75) is 57.7 Å². The van der Waals surface area contributed by atoms with Gasteiger partial charge in [0.15, 0.2) is 0 Å². The van der Waals surface area contributed by atoms with E-state index in [9.17, 15) is 23.7 Å². The highest BCUT2D eigenvalue weighted by Crippen LogP contribution is 2.59. The molecule has 0 spiro atoms. The number of amides is 4. The van der Waals surface area contributed by atoms with Crippen LogP contribution >= 0.6 is 18.0 Å². The minimum atomic E-state index is -2.69. The Labute approximate surface area is 345 Å². The Hall–Kier alpha value is -2.76. The summed E-state index contributed by atoms with van der Waals surface area (Å²) in [6, 6.07) is 6.47. The van der Waals surface area contributed by atoms with Gasteiger partial charge < -0.3 is 54.5 Å². The fraction of sp³-hybridized carbons (Fsp3) is 0.722. The first kappa shape index (κ1) is 51.4. The number of hydrogen-bond acceptors (Lipinski definition) is 17. The lowest BCUT2D eigenvalue weighted by Gasteiger charge is -2.30. The molecule has 1 aromatic rings. The zero-order valence-electron chi connectivity index (χ0n) is 33.8. The third-order valence-corrected chi connectivity index (χ3v) is 13.7.